The first-order valence-electron chi connectivity index (χ1n) is 9.44. The summed E-state index contributed by atoms with van der Waals surface area (Å²) in [5.41, 5.74) is 9.15. The standard InChI is InChI=1S/C20H24N4O4S/c1-11-10-12(29(26,27)24-15-4-3-5-17(15)25)6-7-13(11)14-8-9-16-18(19(14)28-2)20(21)23-22-16/h6-10,15,17,24-25H,3-5H2,1-2H3,(H3,21,22,23). The third-order valence-electron chi connectivity index (χ3n) is 5.50. The van der Waals surface area contributed by atoms with Crippen molar-refractivity contribution in [1.82, 2.24) is 14.9 Å². The monoisotopic (exact) mass is 416 g/mol. The van der Waals surface area contributed by atoms with Crippen LogP contribution in [0.2, 0.25) is 0 Å². The SMILES string of the molecule is COc1c(-c2ccc(S(=O)(=O)NC3CCCC3O)cc2C)ccc2[nH]nc(N)c12. The summed E-state index contributed by atoms with van der Waals surface area (Å²) in [6.45, 7) is 1.85. The molecule has 1 fully saturated rings. The van der Waals surface area contributed by atoms with Crippen LogP contribution in [0.15, 0.2) is 35.2 Å². The summed E-state index contributed by atoms with van der Waals surface area (Å²) in [6.07, 6.45) is 1.43. The topological polar surface area (TPSA) is 130 Å². The van der Waals surface area contributed by atoms with Gasteiger partial charge in [-0.1, -0.05) is 6.07 Å². The molecule has 0 amide bonds. The van der Waals surface area contributed by atoms with Gasteiger partial charge < -0.3 is 15.6 Å². The van der Waals surface area contributed by atoms with Gasteiger partial charge in [-0.3, -0.25) is 5.10 Å². The number of nitrogens with zero attached hydrogens (tertiary/aromatic N) is 1. The molecule has 1 aliphatic rings. The van der Waals surface area contributed by atoms with E-state index in [0.717, 1.165) is 28.6 Å². The Balaban J connectivity index is 1.73. The zero-order valence-electron chi connectivity index (χ0n) is 16.3. The lowest BCUT2D eigenvalue weighted by atomic mass is 9.98. The molecule has 1 saturated carbocycles. The lowest BCUT2D eigenvalue weighted by Gasteiger charge is -2.18. The van der Waals surface area contributed by atoms with Crippen molar-refractivity contribution in [3.05, 3.63) is 35.9 Å². The highest BCUT2D eigenvalue weighted by Gasteiger charge is 2.30. The first-order valence-corrected chi connectivity index (χ1v) is 10.9. The third-order valence-corrected chi connectivity index (χ3v) is 6.99. The van der Waals surface area contributed by atoms with E-state index in [0.29, 0.717) is 29.8 Å². The van der Waals surface area contributed by atoms with Crippen LogP contribution in [0.1, 0.15) is 24.8 Å². The molecule has 0 aliphatic heterocycles. The normalized spacial score (nSPS) is 19.7. The molecule has 9 heteroatoms. The van der Waals surface area contributed by atoms with E-state index < -0.39 is 22.2 Å². The van der Waals surface area contributed by atoms with Gasteiger partial charge in [0.2, 0.25) is 10.0 Å². The van der Waals surface area contributed by atoms with Crippen molar-refractivity contribution in [3.63, 3.8) is 0 Å². The van der Waals surface area contributed by atoms with Crippen LogP contribution in [0, 0.1) is 6.92 Å². The van der Waals surface area contributed by atoms with Gasteiger partial charge >= 0.3 is 0 Å². The number of nitrogen functional groups attached to an aromatic ring is 1. The molecule has 0 saturated heterocycles. The zero-order chi connectivity index (χ0) is 20.8. The van der Waals surface area contributed by atoms with E-state index in [-0.39, 0.29) is 4.90 Å². The van der Waals surface area contributed by atoms with Crippen LogP contribution in [0.5, 0.6) is 5.75 Å². The number of hydrogen-bond donors (Lipinski definition) is 4. The van der Waals surface area contributed by atoms with Crippen LogP contribution in [-0.4, -0.2) is 43.0 Å². The van der Waals surface area contributed by atoms with Crippen LogP contribution in [0.3, 0.4) is 0 Å². The van der Waals surface area contributed by atoms with Gasteiger partial charge in [0, 0.05) is 11.6 Å². The number of methoxy groups -OCH3 is 1. The predicted octanol–water partition coefficient (Wildman–Crippen LogP) is 2.32. The summed E-state index contributed by atoms with van der Waals surface area (Å²) in [5, 5.41) is 17.5. The number of rotatable bonds is 5. The number of aromatic nitrogens is 2. The van der Waals surface area contributed by atoms with Crippen LogP contribution in [0.25, 0.3) is 22.0 Å². The van der Waals surface area contributed by atoms with Crippen molar-refractivity contribution < 1.29 is 18.3 Å². The fourth-order valence-corrected chi connectivity index (χ4v) is 5.37. The van der Waals surface area contributed by atoms with E-state index in [9.17, 15) is 13.5 Å². The number of fused-ring (bicyclic) bond motifs is 1. The van der Waals surface area contributed by atoms with E-state index in [4.69, 9.17) is 10.5 Å². The van der Waals surface area contributed by atoms with Gasteiger partial charge in [-0.05, 0) is 61.6 Å². The van der Waals surface area contributed by atoms with Crippen LogP contribution >= 0.6 is 0 Å². The molecule has 2 aromatic carbocycles. The van der Waals surface area contributed by atoms with Crippen molar-refractivity contribution >= 4 is 26.7 Å². The van der Waals surface area contributed by atoms with Crippen LogP contribution in [0.4, 0.5) is 5.82 Å². The van der Waals surface area contributed by atoms with Gasteiger partial charge in [-0.25, -0.2) is 13.1 Å². The molecule has 4 rings (SSSR count). The van der Waals surface area contributed by atoms with Gasteiger partial charge in [0.15, 0.2) is 5.82 Å². The molecule has 2 unspecified atom stereocenters. The minimum Gasteiger partial charge on any atom is -0.495 e. The van der Waals surface area contributed by atoms with Gasteiger partial charge in [0.25, 0.3) is 0 Å². The Labute approximate surface area is 169 Å². The molecule has 1 aromatic heterocycles. The number of benzene rings is 2. The molecule has 154 valence electrons. The molecule has 5 N–H and O–H groups in total. The fourth-order valence-electron chi connectivity index (χ4n) is 3.98. The molecular weight excluding hydrogens is 392 g/mol. The van der Waals surface area contributed by atoms with E-state index in [1.165, 1.54) is 0 Å². The number of sulfonamides is 1. The lowest BCUT2D eigenvalue weighted by molar-refractivity contribution is 0.159. The Morgan fingerprint density at radius 1 is 1.24 bits per heavy atom. The van der Waals surface area contributed by atoms with Crippen molar-refractivity contribution in [1.29, 1.82) is 0 Å². The molecule has 1 aliphatic carbocycles. The molecule has 1 heterocycles. The van der Waals surface area contributed by atoms with E-state index in [1.807, 2.05) is 19.1 Å². The number of aryl methyl sites for hydroxylation is 1. The highest BCUT2D eigenvalue weighted by atomic mass is 32.2. The molecule has 0 spiro atoms. The summed E-state index contributed by atoms with van der Waals surface area (Å²) in [4.78, 5) is 0.167. The van der Waals surface area contributed by atoms with Crippen molar-refractivity contribution in [2.24, 2.45) is 0 Å². The lowest BCUT2D eigenvalue weighted by Crippen LogP contribution is -2.39. The Morgan fingerprint density at radius 3 is 2.66 bits per heavy atom. The Bertz CT molecular complexity index is 1170. The predicted molar refractivity (Wildman–Crippen MR) is 111 cm³/mol. The molecule has 8 nitrogen and oxygen atoms in total. The molecular formula is C20H24N4O4S. The molecule has 0 radical (unpaired) electrons. The zero-order valence-corrected chi connectivity index (χ0v) is 17.1. The number of H-pyrrole nitrogens is 1. The first kappa shape index (κ1) is 19.7. The second-order valence-corrected chi connectivity index (χ2v) is 9.09. The number of hydrogen-bond acceptors (Lipinski definition) is 6. The van der Waals surface area contributed by atoms with Gasteiger partial charge in [0.05, 0.1) is 29.0 Å². The average molecular weight is 417 g/mol. The second kappa shape index (κ2) is 7.33. The average Bonchev–Trinajstić information content (AvgIpc) is 3.26. The van der Waals surface area contributed by atoms with E-state index in [1.54, 1.807) is 25.3 Å². The first-order chi connectivity index (χ1) is 13.8. The quantitative estimate of drug-likeness (QED) is 0.505. The maximum atomic E-state index is 12.8. The van der Waals surface area contributed by atoms with E-state index in [2.05, 4.69) is 14.9 Å². The van der Waals surface area contributed by atoms with Gasteiger partial charge in [-0.15, -0.1) is 0 Å². The summed E-state index contributed by atoms with van der Waals surface area (Å²) in [7, 11) is -2.16. The number of nitrogens with two attached hydrogens (primary N) is 1. The van der Waals surface area contributed by atoms with Crippen molar-refractivity contribution in [3.8, 4) is 16.9 Å². The minimum atomic E-state index is -3.72. The third kappa shape index (κ3) is 3.45. The molecule has 2 atom stereocenters. The number of ether oxygens (including phenoxy) is 1. The largest absolute Gasteiger partial charge is 0.495 e. The number of aliphatic hydroxyl groups excluding tert-OH is 1. The maximum absolute atomic E-state index is 12.8. The van der Waals surface area contributed by atoms with Gasteiger partial charge in [0.1, 0.15) is 5.75 Å². The summed E-state index contributed by atoms with van der Waals surface area (Å²) in [6, 6.07) is 8.27. The second-order valence-electron chi connectivity index (χ2n) is 7.38. The minimum absolute atomic E-state index is 0.167. The Morgan fingerprint density at radius 2 is 2.00 bits per heavy atom. The van der Waals surface area contributed by atoms with Crippen molar-refractivity contribution in [2.75, 3.05) is 12.8 Å². The van der Waals surface area contributed by atoms with Crippen molar-refractivity contribution in [2.45, 2.75) is 43.2 Å². The molecule has 3 aromatic rings. The molecule has 0 bridgehead atoms. The van der Waals surface area contributed by atoms with Crippen LogP contribution in [-0.2, 0) is 10.0 Å². The van der Waals surface area contributed by atoms with Crippen LogP contribution < -0.4 is 15.2 Å². The number of nitrogens with one attached hydrogen (secondary N) is 2. The highest BCUT2D eigenvalue weighted by Crippen LogP contribution is 2.40. The number of anilines is 1. The Kier molecular flexibility index (Phi) is 4.97. The highest BCUT2D eigenvalue weighted by molar-refractivity contribution is 7.89. The number of aliphatic hydroxyl groups is 1. The molecule has 29 heavy (non-hydrogen) atoms. The van der Waals surface area contributed by atoms with Gasteiger partial charge in [-0.2, -0.15) is 5.10 Å². The fraction of sp³-hybridized carbons (Fsp3) is 0.350. The maximum Gasteiger partial charge on any atom is 0.240 e. The van der Waals surface area contributed by atoms with E-state index >= 15 is 0 Å². The number of aromatic amines is 1. The Hall–Kier alpha value is -2.62. The smallest absolute Gasteiger partial charge is 0.240 e. The summed E-state index contributed by atoms with van der Waals surface area (Å²) < 4.78 is 33.8. The summed E-state index contributed by atoms with van der Waals surface area (Å²) in [5.74, 6) is 0.925. The summed E-state index contributed by atoms with van der Waals surface area (Å²) >= 11 is 0.